The van der Waals surface area contributed by atoms with E-state index in [0.717, 1.165) is 24.9 Å². The van der Waals surface area contributed by atoms with E-state index >= 15 is 0 Å². The molecule has 4 heteroatoms. The van der Waals surface area contributed by atoms with Crippen LogP contribution >= 0.6 is 0 Å². The average Bonchev–Trinajstić information content (AvgIpc) is 2.78. The van der Waals surface area contributed by atoms with Crippen molar-refractivity contribution in [2.45, 2.75) is 37.9 Å². The van der Waals surface area contributed by atoms with Gasteiger partial charge in [0.2, 0.25) is 0 Å². The minimum Gasteiger partial charge on any atom is -0.395 e. The number of aliphatic hydroxyl groups excluding tert-OH is 1. The molecular formula is C13H21N3O. The van der Waals surface area contributed by atoms with Crippen LogP contribution in [0.4, 0.5) is 0 Å². The molecule has 0 spiro atoms. The van der Waals surface area contributed by atoms with Crippen molar-refractivity contribution in [3.63, 3.8) is 0 Å². The van der Waals surface area contributed by atoms with Gasteiger partial charge in [0.05, 0.1) is 12.6 Å². The molecule has 2 heterocycles. The predicted molar refractivity (Wildman–Crippen MR) is 67.4 cm³/mol. The summed E-state index contributed by atoms with van der Waals surface area (Å²) in [5, 5.41) is 9.42. The fraction of sp³-hybridized carbons (Fsp3) is 0.615. The first-order valence-electron chi connectivity index (χ1n) is 6.26. The van der Waals surface area contributed by atoms with E-state index in [1.54, 1.807) is 6.20 Å². The first kappa shape index (κ1) is 12.5. The lowest BCUT2D eigenvalue weighted by Gasteiger charge is -2.35. The normalized spacial score (nSPS) is 24.8. The average molecular weight is 235 g/mol. The molecular weight excluding hydrogens is 214 g/mol. The van der Waals surface area contributed by atoms with Gasteiger partial charge in [-0.15, -0.1) is 0 Å². The van der Waals surface area contributed by atoms with Gasteiger partial charge in [0.25, 0.3) is 0 Å². The van der Waals surface area contributed by atoms with Crippen molar-refractivity contribution in [2.24, 2.45) is 5.73 Å². The molecule has 0 aliphatic carbocycles. The number of aromatic nitrogens is 1. The first-order valence-corrected chi connectivity index (χ1v) is 6.26. The number of nitrogens with zero attached hydrogens (tertiary/aromatic N) is 2. The quantitative estimate of drug-likeness (QED) is 0.815. The summed E-state index contributed by atoms with van der Waals surface area (Å²) in [6, 6.07) is 4.43. The van der Waals surface area contributed by atoms with E-state index in [4.69, 9.17) is 5.73 Å². The van der Waals surface area contributed by atoms with Crippen LogP contribution in [0.1, 0.15) is 31.4 Å². The highest BCUT2D eigenvalue weighted by atomic mass is 16.3. The van der Waals surface area contributed by atoms with Crippen LogP contribution < -0.4 is 5.73 Å². The largest absolute Gasteiger partial charge is 0.395 e. The molecule has 17 heavy (non-hydrogen) atoms. The van der Waals surface area contributed by atoms with Crippen molar-refractivity contribution in [3.05, 3.63) is 30.1 Å². The van der Waals surface area contributed by atoms with Crippen LogP contribution in [-0.4, -0.2) is 40.2 Å². The lowest BCUT2D eigenvalue weighted by Crippen LogP contribution is -2.43. The molecule has 1 aliphatic rings. The molecule has 0 radical (unpaired) electrons. The van der Waals surface area contributed by atoms with Crippen molar-refractivity contribution in [1.29, 1.82) is 0 Å². The third-order valence-electron chi connectivity index (χ3n) is 3.51. The Balaban J connectivity index is 2.23. The number of nitrogens with two attached hydrogens (primary N) is 1. The van der Waals surface area contributed by atoms with Crippen LogP contribution in [0, 0.1) is 0 Å². The van der Waals surface area contributed by atoms with E-state index in [2.05, 4.69) is 16.0 Å². The number of rotatable bonds is 4. The third kappa shape index (κ3) is 2.65. The van der Waals surface area contributed by atoms with E-state index in [1.165, 1.54) is 0 Å². The van der Waals surface area contributed by atoms with E-state index in [1.807, 2.05) is 19.2 Å². The second-order valence-electron chi connectivity index (χ2n) is 4.81. The highest BCUT2D eigenvalue weighted by Crippen LogP contribution is 2.30. The molecule has 1 aromatic heterocycles. The third-order valence-corrected chi connectivity index (χ3v) is 3.51. The fourth-order valence-electron chi connectivity index (χ4n) is 2.77. The first-order chi connectivity index (χ1) is 8.24. The summed E-state index contributed by atoms with van der Waals surface area (Å²) in [7, 11) is 0. The van der Waals surface area contributed by atoms with Gasteiger partial charge in [-0.3, -0.25) is 9.88 Å². The van der Waals surface area contributed by atoms with Crippen LogP contribution in [0.25, 0.3) is 0 Å². The molecule has 0 amide bonds. The minimum atomic E-state index is 0.0337. The Morgan fingerprint density at radius 3 is 3.06 bits per heavy atom. The van der Waals surface area contributed by atoms with Crippen molar-refractivity contribution >= 4 is 0 Å². The zero-order valence-electron chi connectivity index (χ0n) is 10.3. The molecule has 0 bridgehead atoms. The van der Waals surface area contributed by atoms with E-state index < -0.39 is 0 Å². The zero-order chi connectivity index (χ0) is 12.3. The maximum Gasteiger partial charge on any atom is 0.0587 e. The van der Waals surface area contributed by atoms with E-state index in [9.17, 15) is 5.11 Å². The maximum absolute atomic E-state index is 9.42. The lowest BCUT2D eigenvalue weighted by atomic mass is 10.00. The molecule has 0 saturated carbocycles. The molecule has 1 aromatic rings. The van der Waals surface area contributed by atoms with Crippen molar-refractivity contribution < 1.29 is 5.11 Å². The van der Waals surface area contributed by atoms with Gasteiger partial charge in [-0.05, 0) is 37.9 Å². The van der Waals surface area contributed by atoms with Gasteiger partial charge in [-0.2, -0.15) is 0 Å². The Labute approximate surface area is 102 Å². The number of aliphatic hydroxyl groups is 1. The highest BCUT2D eigenvalue weighted by Gasteiger charge is 2.33. The molecule has 2 rings (SSSR count). The second kappa shape index (κ2) is 5.58. The Morgan fingerprint density at radius 2 is 2.47 bits per heavy atom. The minimum absolute atomic E-state index is 0.0337. The van der Waals surface area contributed by atoms with Gasteiger partial charge in [-0.25, -0.2) is 0 Å². The van der Waals surface area contributed by atoms with Gasteiger partial charge in [0.1, 0.15) is 0 Å². The van der Waals surface area contributed by atoms with Gasteiger partial charge >= 0.3 is 0 Å². The van der Waals surface area contributed by atoms with Crippen molar-refractivity contribution in [3.8, 4) is 0 Å². The number of pyridine rings is 1. The summed E-state index contributed by atoms with van der Waals surface area (Å²) in [5.74, 6) is 0. The highest BCUT2D eigenvalue weighted by molar-refractivity contribution is 5.17. The van der Waals surface area contributed by atoms with Gasteiger partial charge in [-0.1, -0.05) is 6.07 Å². The second-order valence-corrected chi connectivity index (χ2v) is 4.81. The molecule has 1 saturated heterocycles. The number of likely N-dealkylation sites (tertiary alicyclic amines) is 1. The molecule has 3 atom stereocenters. The molecule has 0 aromatic carbocycles. The molecule has 3 unspecified atom stereocenters. The standard InChI is InChI=1S/C13H21N3O/c1-10(14)13(11-4-2-6-15-8-11)16-7-3-5-12(16)9-17/h2,4,6,8,10,12-13,17H,3,5,7,9,14H2,1H3. The number of hydrogen-bond acceptors (Lipinski definition) is 4. The molecule has 3 N–H and O–H groups in total. The van der Waals surface area contributed by atoms with Crippen LogP contribution in [0.5, 0.6) is 0 Å². The maximum atomic E-state index is 9.42. The molecule has 4 nitrogen and oxygen atoms in total. The summed E-state index contributed by atoms with van der Waals surface area (Å²) >= 11 is 0. The van der Waals surface area contributed by atoms with Crippen LogP contribution in [0.2, 0.25) is 0 Å². The summed E-state index contributed by atoms with van der Waals surface area (Å²) in [6.45, 7) is 3.24. The summed E-state index contributed by atoms with van der Waals surface area (Å²) in [6.07, 6.45) is 5.84. The zero-order valence-corrected chi connectivity index (χ0v) is 10.3. The Kier molecular flexibility index (Phi) is 4.10. The lowest BCUT2D eigenvalue weighted by molar-refractivity contribution is 0.108. The van der Waals surface area contributed by atoms with Crippen molar-refractivity contribution in [1.82, 2.24) is 9.88 Å². The molecule has 94 valence electrons. The fourth-order valence-corrected chi connectivity index (χ4v) is 2.77. The summed E-state index contributed by atoms with van der Waals surface area (Å²) in [5.41, 5.74) is 7.26. The predicted octanol–water partition coefficient (Wildman–Crippen LogP) is 0.927. The molecule has 1 fully saturated rings. The van der Waals surface area contributed by atoms with Gasteiger partial charge in [0.15, 0.2) is 0 Å². The summed E-state index contributed by atoms with van der Waals surface area (Å²) < 4.78 is 0. The van der Waals surface area contributed by atoms with Crippen LogP contribution in [0.3, 0.4) is 0 Å². The Bertz CT molecular complexity index is 342. The van der Waals surface area contributed by atoms with Crippen molar-refractivity contribution in [2.75, 3.05) is 13.2 Å². The Hall–Kier alpha value is -0.970. The van der Waals surface area contributed by atoms with Crippen LogP contribution in [0.15, 0.2) is 24.5 Å². The monoisotopic (exact) mass is 235 g/mol. The molecule has 1 aliphatic heterocycles. The number of hydrogen-bond donors (Lipinski definition) is 2. The Morgan fingerprint density at radius 1 is 1.65 bits per heavy atom. The van der Waals surface area contributed by atoms with E-state index in [0.29, 0.717) is 0 Å². The smallest absolute Gasteiger partial charge is 0.0587 e. The topological polar surface area (TPSA) is 62.4 Å². The summed E-state index contributed by atoms with van der Waals surface area (Å²) in [4.78, 5) is 6.49. The van der Waals surface area contributed by atoms with E-state index in [-0.39, 0.29) is 24.7 Å². The SMILES string of the molecule is CC(N)C(c1cccnc1)N1CCCC1CO. The van der Waals surface area contributed by atoms with Gasteiger partial charge < -0.3 is 10.8 Å². The van der Waals surface area contributed by atoms with Crippen LogP contribution in [-0.2, 0) is 0 Å². The van der Waals surface area contributed by atoms with Gasteiger partial charge in [0, 0.05) is 24.5 Å².